The van der Waals surface area contributed by atoms with Crippen molar-refractivity contribution < 1.29 is 13.5 Å². The van der Waals surface area contributed by atoms with Gasteiger partial charge in [0.15, 0.2) is 0 Å². The van der Waals surface area contributed by atoms with E-state index >= 15 is 0 Å². The molecule has 0 aliphatic carbocycles. The van der Waals surface area contributed by atoms with E-state index in [1.807, 2.05) is 6.92 Å². The number of ether oxygens (including phenoxy) is 1. The first kappa shape index (κ1) is 11.8. The van der Waals surface area contributed by atoms with Crippen molar-refractivity contribution in [3.8, 4) is 0 Å². The van der Waals surface area contributed by atoms with Crippen molar-refractivity contribution in [2.45, 2.75) is 38.7 Å². The first-order valence-electron chi connectivity index (χ1n) is 4.05. The van der Waals surface area contributed by atoms with E-state index in [2.05, 4.69) is 0 Å². The lowest BCUT2D eigenvalue weighted by Crippen LogP contribution is -2.37. The Hall–Kier alpha value is -0.220. The lowest BCUT2D eigenvalue weighted by Gasteiger charge is -2.26. The van der Waals surface area contributed by atoms with Crippen molar-refractivity contribution in [3.63, 3.8) is 0 Å². The molecular formula is C8H17F2NO. The average molecular weight is 181 g/mol. The molecule has 0 atom stereocenters. The Balaban J connectivity index is 3.82. The number of alkyl halides is 2. The summed E-state index contributed by atoms with van der Waals surface area (Å²) >= 11 is 0. The molecule has 0 saturated heterocycles. The van der Waals surface area contributed by atoms with Gasteiger partial charge in [-0.25, -0.2) is 8.78 Å². The second-order valence-corrected chi connectivity index (χ2v) is 3.46. The maximum atomic E-state index is 12.6. The van der Waals surface area contributed by atoms with Crippen molar-refractivity contribution in [1.29, 1.82) is 0 Å². The second kappa shape index (κ2) is 4.14. The molecule has 0 aromatic heterocycles. The summed E-state index contributed by atoms with van der Waals surface area (Å²) in [5.74, 6) is -2.90. The van der Waals surface area contributed by atoms with Gasteiger partial charge in [0.25, 0.3) is 5.92 Å². The van der Waals surface area contributed by atoms with E-state index in [9.17, 15) is 8.78 Å². The molecule has 0 spiro atoms. The van der Waals surface area contributed by atoms with Gasteiger partial charge in [-0.05, 0) is 20.3 Å². The molecule has 0 unspecified atom stereocenters. The lowest BCUT2D eigenvalue weighted by molar-refractivity contribution is -0.123. The first-order chi connectivity index (χ1) is 5.33. The summed E-state index contributed by atoms with van der Waals surface area (Å²) in [5, 5.41) is 0. The molecule has 0 bridgehead atoms. The van der Waals surface area contributed by atoms with Crippen LogP contribution < -0.4 is 5.73 Å². The van der Waals surface area contributed by atoms with Crippen LogP contribution in [0.4, 0.5) is 8.78 Å². The standard InChI is InChI=1S/C8H17F2NO/c1-4-7(2,3)12-6-8(9,10)5-11/h4-6,11H2,1-3H3. The van der Waals surface area contributed by atoms with Crippen LogP contribution in [0.3, 0.4) is 0 Å². The fraction of sp³-hybridized carbons (Fsp3) is 1.00. The molecule has 0 aromatic carbocycles. The highest BCUT2D eigenvalue weighted by atomic mass is 19.3. The molecule has 74 valence electrons. The summed E-state index contributed by atoms with van der Waals surface area (Å²) in [6.45, 7) is 4.19. The van der Waals surface area contributed by atoms with Crippen molar-refractivity contribution in [2.75, 3.05) is 13.2 Å². The zero-order chi connectivity index (χ0) is 9.83. The number of halogens is 2. The summed E-state index contributed by atoms with van der Waals surface area (Å²) in [5.41, 5.74) is 4.36. The third-order valence-electron chi connectivity index (χ3n) is 1.82. The minimum absolute atomic E-state index is 0.487. The van der Waals surface area contributed by atoms with Crippen LogP contribution in [0.1, 0.15) is 27.2 Å². The molecule has 0 aliphatic rings. The average Bonchev–Trinajstić information content (AvgIpc) is 2.02. The summed E-state index contributed by atoms with van der Waals surface area (Å²) in [4.78, 5) is 0. The zero-order valence-corrected chi connectivity index (χ0v) is 7.86. The summed E-state index contributed by atoms with van der Waals surface area (Å²) in [7, 11) is 0. The molecule has 4 heteroatoms. The molecular weight excluding hydrogens is 164 g/mol. The highest BCUT2D eigenvalue weighted by Gasteiger charge is 2.30. The van der Waals surface area contributed by atoms with Gasteiger partial charge < -0.3 is 10.5 Å². The molecule has 0 fully saturated rings. The number of hydrogen-bond acceptors (Lipinski definition) is 2. The summed E-state index contributed by atoms with van der Waals surface area (Å²) in [6, 6.07) is 0. The van der Waals surface area contributed by atoms with Gasteiger partial charge in [0.2, 0.25) is 0 Å². The van der Waals surface area contributed by atoms with Gasteiger partial charge in [-0.1, -0.05) is 6.92 Å². The van der Waals surface area contributed by atoms with E-state index in [4.69, 9.17) is 10.5 Å². The van der Waals surface area contributed by atoms with Crippen LogP contribution in [-0.4, -0.2) is 24.7 Å². The molecule has 0 heterocycles. The van der Waals surface area contributed by atoms with Crippen LogP contribution >= 0.6 is 0 Å². The van der Waals surface area contributed by atoms with E-state index in [0.29, 0.717) is 6.42 Å². The molecule has 0 rings (SSSR count). The molecule has 0 saturated carbocycles. The quantitative estimate of drug-likeness (QED) is 0.701. The number of hydrogen-bond donors (Lipinski definition) is 1. The molecule has 12 heavy (non-hydrogen) atoms. The third kappa shape index (κ3) is 4.62. The fourth-order valence-electron chi connectivity index (χ4n) is 0.462. The van der Waals surface area contributed by atoms with Crippen molar-refractivity contribution in [2.24, 2.45) is 5.73 Å². The fourth-order valence-corrected chi connectivity index (χ4v) is 0.462. The Morgan fingerprint density at radius 2 is 1.83 bits per heavy atom. The van der Waals surface area contributed by atoms with Gasteiger partial charge in [0, 0.05) is 0 Å². The topological polar surface area (TPSA) is 35.2 Å². The largest absolute Gasteiger partial charge is 0.369 e. The first-order valence-corrected chi connectivity index (χ1v) is 4.05. The minimum Gasteiger partial charge on any atom is -0.369 e. The van der Waals surface area contributed by atoms with E-state index in [1.165, 1.54) is 0 Å². The van der Waals surface area contributed by atoms with Crippen LogP contribution in [-0.2, 0) is 4.74 Å². The highest BCUT2D eigenvalue weighted by Crippen LogP contribution is 2.19. The Bertz CT molecular complexity index is 121. The summed E-state index contributed by atoms with van der Waals surface area (Å²) < 4.78 is 30.1. The lowest BCUT2D eigenvalue weighted by atomic mass is 10.1. The van der Waals surface area contributed by atoms with Crippen LogP contribution in [0.25, 0.3) is 0 Å². The Kier molecular flexibility index (Phi) is 4.06. The highest BCUT2D eigenvalue weighted by molar-refractivity contribution is 4.71. The SMILES string of the molecule is CCC(C)(C)OCC(F)(F)CN. The predicted octanol–water partition coefficient (Wildman–Crippen LogP) is 1.79. The van der Waals surface area contributed by atoms with Gasteiger partial charge in [0.1, 0.15) is 6.61 Å². The van der Waals surface area contributed by atoms with Crippen LogP contribution in [0, 0.1) is 0 Å². The molecule has 0 aromatic rings. The maximum Gasteiger partial charge on any atom is 0.282 e. The van der Waals surface area contributed by atoms with Gasteiger partial charge in [-0.2, -0.15) is 0 Å². The second-order valence-electron chi connectivity index (χ2n) is 3.46. The molecule has 2 nitrogen and oxygen atoms in total. The third-order valence-corrected chi connectivity index (χ3v) is 1.82. The van der Waals surface area contributed by atoms with Crippen LogP contribution in [0.15, 0.2) is 0 Å². The van der Waals surface area contributed by atoms with Crippen molar-refractivity contribution >= 4 is 0 Å². The van der Waals surface area contributed by atoms with E-state index in [0.717, 1.165) is 0 Å². The Morgan fingerprint density at radius 3 is 2.17 bits per heavy atom. The monoisotopic (exact) mass is 181 g/mol. The number of rotatable bonds is 5. The molecule has 0 aliphatic heterocycles. The maximum absolute atomic E-state index is 12.6. The number of nitrogens with two attached hydrogens (primary N) is 1. The normalized spacial score (nSPS) is 13.5. The minimum atomic E-state index is -2.90. The smallest absolute Gasteiger partial charge is 0.282 e. The van der Waals surface area contributed by atoms with Gasteiger partial charge >= 0.3 is 0 Å². The van der Waals surface area contributed by atoms with Gasteiger partial charge in [-0.3, -0.25) is 0 Å². The predicted molar refractivity (Wildman–Crippen MR) is 44.3 cm³/mol. The van der Waals surface area contributed by atoms with Crippen LogP contribution in [0.2, 0.25) is 0 Å². The van der Waals surface area contributed by atoms with Gasteiger partial charge in [0.05, 0.1) is 12.1 Å². The van der Waals surface area contributed by atoms with E-state index in [1.54, 1.807) is 13.8 Å². The molecule has 0 radical (unpaired) electrons. The van der Waals surface area contributed by atoms with Crippen molar-refractivity contribution in [3.05, 3.63) is 0 Å². The van der Waals surface area contributed by atoms with Crippen molar-refractivity contribution in [1.82, 2.24) is 0 Å². The molecule has 2 N–H and O–H groups in total. The van der Waals surface area contributed by atoms with E-state index in [-0.39, 0.29) is 0 Å². The van der Waals surface area contributed by atoms with E-state index < -0.39 is 24.7 Å². The van der Waals surface area contributed by atoms with Crippen LogP contribution in [0.5, 0.6) is 0 Å². The molecule has 0 amide bonds. The Morgan fingerprint density at radius 1 is 1.33 bits per heavy atom. The summed E-state index contributed by atoms with van der Waals surface area (Å²) in [6.07, 6.45) is 0.702. The Labute approximate surface area is 72.1 Å². The van der Waals surface area contributed by atoms with Gasteiger partial charge in [-0.15, -0.1) is 0 Å². The zero-order valence-electron chi connectivity index (χ0n) is 7.86.